The van der Waals surface area contributed by atoms with Crippen LogP contribution in [0.25, 0.3) is 10.9 Å². The third kappa shape index (κ3) is 1.67. The van der Waals surface area contributed by atoms with Crippen LogP contribution in [0.3, 0.4) is 0 Å². The number of hydrogen-bond acceptors (Lipinski definition) is 5. The number of benzene rings is 1. The van der Waals surface area contributed by atoms with Crippen molar-refractivity contribution in [2.45, 2.75) is 0 Å². The lowest BCUT2D eigenvalue weighted by molar-refractivity contribution is -0.121. The van der Waals surface area contributed by atoms with Gasteiger partial charge in [0, 0.05) is 11.5 Å². The van der Waals surface area contributed by atoms with Gasteiger partial charge in [-0.05, 0) is 18.2 Å². The van der Waals surface area contributed by atoms with Crippen LogP contribution in [0.5, 0.6) is 17.4 Å². The fraction of sp³-hybridized carbons (Fsp3) is 0. The molecule has 2 rings (SSSR count). The second kappa shape index (κ2) is 3.45. The summed E-state index contributed by atoms with van der Waals surface area (Å²) >= 11 is 0. The topological polar surface area (TPSA) is 79.7 Å². The molecular weight excluding hydrogens is 198 g/mol. The fourth-order valence-corrected chi connectivity index (χ4v) is 1.26. The molecule has 1 aromatic carbocycles. The molecule has 0 radical (unpaired) electrons. The summed E-state index contributed by atoms with van der Waals surface area (Å²) < 4.78 is 4.46. The molecule has 0 aliphatic carbocycles. The monoisotopic (exact) mass is 205 g/mol. The zero-order valence-corrected chi connectivity index (χ0v) is 7.54. The van der Waals surface area contributed by atoms with Gasteiger partial charge in [-0.3, -0.25) is 4.79 Å². The predicted molar refractivity (Wildman–Crippen MR) is 51.8 cm³/mol. The summed E-state index contributed by atoms with van der Waals surface area (Å²) in [4.78, 5) is 14.0. The van der Waals surface area contributed by atoms with E-state index in [-0.39, 0.29) is 23.9 Å². The Morgan fingerprint density at radius 3 is 2.80 bits per heavy atom. The van der Waals surface area contributed by atoms with E-state index in [1.54, 1.807) is 6.07 Å². The largest absolute Gasteiger partial charge is 0.508 e. The minimum Gasteiger partial charge on any atom is -0.508 e. The number of carbonyl (C=O) groups is 1. The Hall–Kier alpha value is -2.30. The Bertz CT molecular complexity index is 524. The zero-order valence-electron chi connectivity index (χ0n) is 7.54. The van der Waals surface area contributed by atoms with Crippen LogP contribution in [0.2, 0.25) is 0 Å². The van der Waals surface area contributed by atoms with Gasteiger partial charge in [0.05, 0.1) is 5.52 Å². The number of phenols is 1. The summed E-state index contributed by atoms with van der Waals surface area (Å²) in [7, 11) is 0. The Morgan fingerprint density at radius 1 is 1.27 bits per heavy atom. The van der Waals surface area contributed by atoms with E-state index in [1.807, 2.05) is 0 Å². The van der Waals surface area contributed by atoms with Gasteiger partial charge in [0.25, 0.3) is 12.4 Å². The van der Waals surface area contributed by atoms with Crippen LogP contribution in [0.15, 0.2) is 24.3 Å². The number of rotatable bonds is 2. The van der Waals surface area contributed by atoms with E-state index in [9.17, 15) is 15.0 Å². The van der Waals surface area contributed by atoms with Gasteiger partial charge in [-0.2, -0.15) is 0 Å². The van der Waals surface area contributed by atoms with Gasteiger partial charge >= 0.3 is 0 Å². The summed E-state index contributed by atoms with van der Waals surface area (Å²) in [6.45, 7) is 0.177. The fourth-order valence-electron chi connectivity index (χ4n) is 1.26. The highest BCUT2D eigenvalue weighted by molar-refractivity contribution is 5.82. The maximum atomic E-state index is 10.1. The predicted octanol–water partition coefficient (Wildman–Crippen LogP) is 1.18. The van der Waals surface area contributed by atoms with E-state index in [1.165, 1.54) is 18.2 Å². The van der Waals surface area contributed by atoms with Crippen molar-refractivity contribution >= 4 is 17.4 Å². The maximum Gasteiger partial charge on any atom is 0.299 e. The first-order valence-electron chi connectivity index (χ1n) is 4.14. The molecule has 15 heavy (non-hydrogen) atoms. The molecule has 0 spiro atoms. The molecule has 0 fully saturated rings. The third-order valence-electron chi connectivity index (χ3n) is 1.91. The molecule has 5 heteroatoms. The van der Waals surface area contributed by atoms with Crippen LogP contribution in [-0.4, -0.2) is 21.7 Å². The van der Waals surface area contributed by atoms with Crippen LogP contribution >= 0.6 is 0 Å². The SMILES string of the molecule is O=COc1nc2cc(O)ccc2cc1O. The highest BCUT2D eigenvalue weighted by Crippen LogP contribution is 2.29. The number of phenolic OH excluding ortho intramolecular Hbond substituents is 1. The number of ether oxygens (including phenoxy) is 1. The van der Waals surface area contributed by atoms with Crippen molar-refractivity contribution in [2.24, 2.45) is 0 Å². The summed E-state index contributed by atoms with van der Waals surface area (Å²) in [5.74, 6) is -0.346. The molecule has 5 nitrogen and oxygen atoms in total. The lowest BCUT2D eigenvalue weighted by Crippen LogP contribution is -1.92. The van der Waals surface area contributed by atoms with Gasteiger partial charge in [-0.15, -0.1) is 0 Å². The molecule has 0 aliphatic rings. The minimum absolute atomic E-state index is 0.0535. The molecule has 0 amide bonds. The highest BCUT2D eigenvalue weighted by atomic mass is 16.5. The van der Waals surface area contributed by atoms with E-state index in [0.29, 0.717) is 10.9 Å². The first kappa shape index (κ1) is 9.26. The molecule has 0 unspecified atom stereocenters. The van der Waals surface area contributed by atoms with Crippen LogP contribution < -0.4 is 4.74 Å². The smallest absolute Gasteiger partial charge is 0.299 e. The van der Waals surface area contributed by atoms with Crippen molar-refractivity contribution in [1.29, 1.82) is 0 Å². The van der Waals surface area contributed by atoms with Crippen molar-refractivity contribution in [3.05, 3.63) is 24.3 Å². The number of carbonyl (C=O) groups excluding carboxylic acids is 1. The summed E-state index contributed by atoms with van der Waals surface area (Å²) in [6.07, 6.45) is 0. The first-order valence-corrected chi connectivity index (χ1v) is 4.14. The van der Waals surface area contributed by atoms with E-state index in [4.69, 9.17) is 0 Å². The number of pyridine rings is 1. The average molecular weight is 205 g/mol. The summed E-state index contributed by atoms with van der Waals surface area (Å²) in [5, 5.41) is 19.2. The molecule has 1 heterocycles. The van der Waals surface area contributed by atoms with Gasteiger partial charge in [-0.25, -0.2) is 4.98 Å². The first-order chi connectivity index (χ1) is 7.20. The molecule has 0 atom stereocenters. The molecule has 2 aromatic rings. The second-order valence-electron chi connectivity index (χ2n) is 2.90. The van der Waals surface area contributed by atoms with Crippen molar-refractivity contribution in [3.63, 3.8) is 0 Å². The quantitative estimate of drug-likeness (QED) is 0.719. The van der Waals surface area contributed by atoms with E-state index in [0.717, 1.165) is 0 Å². The second-order valence-corrected chi connectivity index (χ2v) is 2.90. The molecule has 2 N–H and O–H groups in total. The number of aromatic nitrogens is 1. The molecule has 0 saturated heterocycles. The van der Waals surface area contributed by atoms with Crippen LogP contribution in [0.1, 0.15) is 0 Å². The maximum absolute atomic E-state index is 10.1. The van der Waals surface area contributed by atoms with Crippen LogP contribution in [0.4, 0.5) is 0 Å². The molecule has 0 saturated carbocycles. The van der Waals surface area contributed by atoms with Crippen molar-refractivity contribution in [2.75, 3.05) is 0 Å². The molecular formula is C10H7NO4. The lowest BCUT2D eigenvalue weighted by atomic mass is 10.2. The number of nitrogens with zero attached hydrogens (tertiary/aromatic N) is 1. The van der Waals surface area contributed by atoms with E-state index in [2.05, 4.69) is 9.72 Å². The van der Waals surface area contributed by atoms with Crippen molar-refractivity contribution < 1.29 is 19.7 Å². The molecule has 1 aromatic heterocycles. The highest BCUT2D eigenvalue weighted by Gasteiger charge is 2.07. The summed E-state index contributed by atoms with van der Waals surface area (Å²) in [5.41, 5.74) is 0.435. The normalized spacial score (nSPS) is 10.1. The number of fused-ring (bicyclic) bond motifs is 1. The van der Waals surface area contributed by atoms with Gasteiger partial charge in [0.15, 0.2) is 5.75 Å². The molecule has 0 aliphatic heterocycles. The van der Waals surface area contributed by atoms with Gasteiger partial charge in [0.2, 0.25) is 0 Å². The minimum atomic E-state index is -0.222. The van der Waals surface area contributed by atoms with Gasteiger partial charge in [-0.1, -0.05) is 0 Å². The van der Waals surface area contributed by atoms with Crippen LogP contribution in [0, 0.1) is 0 Å². The van der Waals surface area contributed by atoms with Gasteiger partial charge in [0.1, 0.15) is 5.75 Å². The summed E-state index contributed by atoms with van der Waals surface area (Å²) in [6, 6.07) is 5.89. The Morgan fingerprint density at radius 2 is 2.07 bits per heavy atom. The number of aromatic hydroxyl groups is 2. The Kier molecular flexibility index (Phi) is 2.13. The Balaban J connectivity index is 2.65. The van der Waals surface area contributed by atoms with Crippen molar-refractivity contribution in [1.82, 2.24) is 4.98 Å². The van der Waals surface area contributed by atoms with E-state index < -0.39 is 0 Å². The third-order valence-corrected chi connectivity index (χ3v) is 1.91. The van der Waals surface area contributed by atoms with Gasteiger partial charge < -0.3 is 14.9 Å². The Labute approximate surface area is 84.6 Å². The molecule has 0 bridgehead atoms. The number of hydrogen-bond donors (Lipinski definition) is 2. The standard InChI is InChI=1S/C10H7NO4/c12-5-15-10-9(14)3-6-1-2-7(13)4-8(6)11-10/h1-5,13-14H. The van der Waals surface area contributed by atoms with Crippen molar-refractivity contribution in [3.8, 4) is 17.4 Å². The lowest BCUT2D eigenvalue weighted by Gasteiger charge is -2.03. The zero-order chi connectivity index (χ0) is 10.8. The van der Waals surface area contributed by atoms with E-state index >= 15 is 0 Å². The average Bonchev–Trinajstić information content (AvgIpc) is 2.20. The van der Waals surface area contributed by atoms with Crippen LogP contribution in [-0.2, 0) is 4.79 Å². The molecule has 76 valence electrons.